The summed E-state index contributed by atoms with van der Waals surface area (Å²) >= 11 is 3.29. The zero-order valence-corrected chi connectivity index (χ0v) is 8.58. The smallest absolute Gasteiger partial charge is 0.346 e. The van der Waals surface area contributed by atoms with E-state index in [-0.39, 0.29) is 5.56 Å². The van der Waals surface area contributed by atoms with Gasteiger partial charge in [0.2, 0.25) is 0 Å². The van der Waals surface area contributed by atoms with Crippen molar-refractivity contribution < 1.29 is 9.21 Å². The Morgan fingerprint density at radius 1 is 1.29 bits per heavy atom. The minimum Gasteiger partial charge on any atom is -0.422 e. The lowest BCUT2D eigenvalue weighted by atomic mass is 10.2. The molecule has 0 unspecified atom stereocenters. The molecule has 0 saturated carbocycles. The van der Waals surface area contributed by atoms with Gasteiger partial charge < -0.3 is 4.42 Å². The lowest BCUT2D eigenvalue weighted by Gasteiger charge is -1.97. The molecular weight excluding hydrogens is 248 g/mol. The fraction of sp³-hybridized carbons (Fsp3) is 0. The Bertz CT molecular complexity index is 557. The molecule has 3 nitrogen and oxygen atoms in total. The molecule has 0 atom stereocenters. The molecule has 4 heteroatoms. The molecule has 1 heterocycles. The topological polar surface area (TPSA) is 47.3 Å². The average Bonchev–Trinajstić information content (AvgIpc) is 2.17. The SMILES string of the molecule is O=Cc1cc2cc(Br)ccc2oc1=O. The highest BCUT2D eigenvalue weighted by molar-refractivity contribution is 9.10. The van der Waals surface area contributed by atoms with Crippen molar-refractivity contribution in [3.63, 3.8) is 0 Å². The second kappa shape index (κ2) is 3.38. The summed E-state index contributed by atoms with van der Waals surface area (Å²) in [5.74, 6) is 0. The summed E-state index contributed by atoms with van der Waals surface area (Å²) in [7, 11) is 0. The van der Waals surface area contributed by atoms with Gasteiger partial charge >= 0.3 is 5.63 Å². The number of fused-ring (bicyclic) bond motifs is 1. The molecule has 0 saturated heterocycles. The van der Waals surface area contributed by atoms with Gasteiger partial charge in [0.1, 0.15) is 11.1 Å². The molecule has 0 spiro atoms. The van der Waals surface area contributed by atoms with Gasteiger partial charge in [-0.3, -0.25) is 4.79 Å². The third kappa shape index (κ3) is 1.48. The van der Waals surface area contributed by atoms with Gasteiger partial charge in [-0.1, -0.05) is 15.9 Å². The zero-order valence-electron chi connectivity index (χ0n) is 6.99. The summed E-state index contributed by atoms with van der Waals surface area (Å²) in [6, 6.07) is 6.74. The molecule has 0 bridgehead atoms. The third-order valence-corrected chi connectivity index (χ3v) is 2.34. The van der Waals surface area contributed by atoms with E-state index in [0.717, 1.165) is 9.86 Å². The van der Waals surface area contributed by atoms with Crippen LogP contribution in [0.3, 0.4) is 0 Å². The van der Waals surface area contributed by atoms with Crippen LogP contribution in [0.2, 0.25) is 0 Å². The molecule has 0 N–H and O–H groups in total. The van der Waals surface area contributed by atoms with E-state index in [2.05, 4.69) is 15.9 Å². The van der Waals surface area contributed by atoms with Crippen molar-refractivity contribution >= 4 is 33.2 Å². The van der Waals surface area contributed by atoms with Crippen LogP contribution in [-0.2, 0) is 0 Å². The predicted octanol–water partition coefficient (Wildman–Crippen LogP) is 2.37. The summed E-state index contributed by atoms with van der Waals surface area (Å²) < 4.78 is 5.80. The van der Waals surface area contributed by atoms with Crippen LogP contribution in [0.5, 0.6) is 0 Å². The van der Waals surface area contributed by atoms with E-state index in [1.807, 2.05) is 0 Å². The second-order valence-electron chi connectivity index (χ2n) is 2.79. The molecule has 1 aromatic carbocycles. The van der Waals surface area contributed by atoms with Crippen molar-refractivity contribution in [1.29, 1.82) is 0 Å². The highest BCUT2D eigenvalue weighted by Crippen LogP contribution is 2.18. The Kier molecular flexibility index (Phi) is 2.21. The van der Waals surface area contributed by atoms with E-state index in [0.29, 0.717) is 11.9 Å². The van der Waals surface area contributed by atoms with E-state index in [1.54, 1.807) is 18.2 Å². The Morgan fingerprint density at radius 2 is 2.07 bits per heavy atom. The second-order valence-corrected chi connectivity index (χ2v) is 3.70. The fourth-order valence-corrected chi connectivity index (χ4v) is 1.57. The highest BCUT2D eigenvalue weighted by atomic mass is 79.9. The number of hydrogen-bond donors (Lipinski definition) is 0. The van der Waals surface area contributed by atoms with Crippen LogP contribution in [0.1, 0.15) is 10.4 Å². The van der Waals surface area contributed by atoms with Crippen molar-refractivity contribution in [1.82, 2.24) is 0 Å². The first-order valence-electron chi connectivity index (χ1n) is 3.89. The summed E-state index contributed by atoms with van der Waals surface area (Å²) in [4.78, 5) is 21.6. The van der Waals surface area contributed by atoms with Crippen molar-refractivity contribution in [2.75, 3.05) is 0 Å². The van der Waals surface area contributed by atoms with Crippen LogP contribution in [0, 0.1) is 0 Å². The Labute approximate surface area is 87.5 Å². The van der Waals surface area contributed by atoms with Gasteiger partial charge in [0.05, 0.1) is 0 Å². The van der Waals surface area contributed by atoms with Gasteiger partial charge in [0, 0.05) is 9.86 Å². The number of carbonyl (C=O) groups is 1. The summed E-state index contributed by atoms with van der Waals surface area (Å²) in [6.07, 6.45) is 0.492. The van der Waals surface area contributed by atoms with E-state index in [1.165, 1.54) is 6.07 Å². The number of rotatable bonds is 1. The number of halogens is 1. The van der Waals surface area contributed by atoms with Gasteiger partial charge in [-0.25, -0.2) is 4.79 Å². The molecule has 0 aliphatic heterocycles. The highest BCUT2D eigenvalue weighted by Gasteiger charge is 2.03. The van der Waals surface area contributed by atoms with E-state index >= 15 is 0 Å². The Balaban J connectivity index is 2.86. The first-order chi connectivity index (χ1) is 6.70. The maximum Gasteiger partial charge on any atom is 0.346 e. The normalized spacial score (nSPS) is 10.4. The molecule has 2 aromatic rings. The molecule has 0 amide bonds. The first-order valence-corrected chi connectivity index (χ1v) is 4.68. The Hall–Kier alpha value is -1.42. The Morgan fingerprint density at radius 3 is 2.79 bits per heavy atom. The fourth-order valence-electron chi connectivity index (χ4n) is 1.19. The standard InChI is InChI=1S/C10H5BrO3/c11-8-1-2-9-6(4-8)3-7(5-12)10(13)14-9/h1-5H. The van der Waals surface area contributed by atoms with Crippen LogP contribution >= 0.6 is 15.9 Å². The van der Waals surface area contributed by atoms with Crippen LogP contribution in [0.15, 0.2) is 37.9 Å². The lowest BCUT2D eigenvalue weighted by Crippen LogP contribution is -2.05. The molecular formula is C10H5BrO3. The maximum atomic E-state index is 11.1. The molecule has 70 valence electrons. The van der Waals surface area contributed by atoms with Gasteiger partial charge in [-0.2, -0.15) is 0 Å². The number of aldehydes is 1. The number of carbonyl (C=O) groups excluding carboxylic acids is 1. The molecule has 2 rings (SSSR count). The van der Waals surface area contributed by atoms with Crippen molar-refractivity contribution in [3.8, 4) is 0 Å². The van der Waals surface area contributed by atoms with Gasteiger partial charge in [-0.15, -0.1) is 0 Å². The molecule has 0 aliphatic rings. The molecule has 0 aliphatic carbocycles. The minimum atomic E-state index is -0.602. The van der Waals surface area contributed by atoms with Crippen molar-refractivity contribution in [2.45, 2.75) is 0 Å². The van der Waals surface area contributed by atoms with Crippen molar-refractivity contribution in [3.05, 3.63) is 44.7 Å². The lowest BCUT2D eigenvalue weighted by molar-refractivity contribution is 0.112. The predicted molar refractivity (Wildman–Crippen MR) is 55.6 cm³/mol. The van der Waals surface area contributed by atoms with E-state index < -0.39 is 5.63 Å². The minimum absolute atomic E-state index is 0.0376. The van der Waals surface area contributed by atoms with Gasteiger partial charge in [0.15, 0.2) is 6.29 Å². The molecule has 0 fully saturated rings. The van der Waals surface area contributed by atoms with Crippen LogP contribution in [0.4, 0.5) is 0 Å². The van der Waals surface area contributed by atoms with E-state index in [9.17, 15) is 9.59 Å². The monoisotopic (exact) mass is 252 g/mol. The molecule has 0 radical (unpaired) electrons. The van der Waals surface area contributed by atoms with Crippen LogP contribution < -0.4 is 5.63 Å². The number of hydrogen-bond acceptors (Lipinski definition) is 3. The average molecular weight is 253 g/mol. The van der Waals surface area contributed by atoms with Crippen molar-refractivity contribution in [2.24, 2.45) is 0 Å². The van der Waals surface area contributed by atoms with Crippen LogP contribution in [-0.4, -0.2) is 6.29 Å². The summed E-state index contributed by atoms with van der Waals surface area (Å²) in [5, 5.41) is 0.723. The molecule has 14 heavy (non-hydrogen) atoms. The first kappa shape index (κ1) is 9.15. The van der Waals surface area contributed by atoms with Crippen LogP contribution in [0.25, 0.3) is 11.0 Å². The maximum absolute atomic E-state index is 11.1. The number of benzene rings is 1. The zero-order chi connectivity index (χ0) is 10.1. The third-order valence-electron chi connectivity index (χ3n) is 1.85. The summed E-state index contributed by atoms with van der Waals surface area (Å²) in [5.41, 5.74) is -0.0887. The summed E-state index contributed by atoms with van der Waals surface area (Å²) in [6.45, 7) is 0. The molecule has 1 aromatic heterocycles. The largest absolute Gasteiger partial charge is 0.422 e. The quantitative estimate of drug-likeness (QED) is 0.579. The van der Waals surface area contributed by atoms with Gasteiger partial charge in [0.25, 0.3) is 0 Å². The van der Waals surface area contributed by atoms with E-state index in [4.69, 9.17) is 4.42 Å². The van der Waals surface area contributed by atoms with Gasteiger partial charge in [-0.05, 0) is 24.3 Å².